The largest absolute Gasteiger partial charge is 1.00 e. The number of allylic oxidation sites excluding steroid dienone is 1. The highest BCUT2D eigenvalue weighted by molar-refractivity contribution is 6.01. The van der Waals surface area contributed by atoms with Crippen LogP contribution in [0.1, 0.15) is 38.3 Å². The van der Waals surface area contributed by atoms with Gasteiger partial charge in [0.15, 0.2) is 5.71 Å². The van der Waals surface area contributed by atoms with Crippen molar-refractivity contribution >= 4 is 17.1 Å². The van der Waals surface area contributed by atoms with Crippen LogP contribution < -0.4 is 22.7 Å². The summed E-state index contributed by atoms with van der Waals surface area (Å²) in [6.07, 6.45) is 1.38. The smallest absolute Gasteiger partial charge is 0.227 e. The van der Waals surface area contributed by atoms with Crippen molar-refractivity contribution in [3.8, 4) is 0 Å². The molecule has 0 fully saturated rings. The van der Waals surface area contributed by atoms with Gasteiger partial charge in [-0.3, -0.25) is 0 Å². The number of aliphatic hydroxyl groups is 1. The van der Waals surface area contributed by atoms with Crippen LogP contribution in [0.2, 0.25) is 0 Å². The fourth-order valence-electron chi connectivity index (χ4n) is 3.86. The molecule has 0 amide bonds. The number of hydrogen-bond donors (Lipinski definition) is 3. The molecule has 26 heavy (non-hydrogen) atoms. The molecule has 0 radical (unpaired) electrons. The van der Waals surface area contributed by atoms with Crippen LogP contribution in [0.4, 0.5) is 15.8 Å². The second kappa shape index (κ2) is 6.76. The van der Waals surface area contributed by atoms with E-state index in [1.807, 2.05) is 30.3 Å². The molecule has 0 bridgehead atoms. The SMILES string of the molecule is CC1(C)CC2=[NH+]c3ccccc3NC(c3ccccc3F)C2=C(O)C1.[Cl-]. The minimum Gasteiger partial charge on any atom is -1.00 e. The maximum Gasteiger partial charge on any atom is 0.227 e. The molecule has 2 aromatic carbocycles. The standard InChI is InChI=1S/C21H21FN2O.ClH/c1-21(2)11-17-19(18(25)12-21)20(13-7-3-4-8-14(13)22)24-16-10-6-5-9-15(16)23-17;/h3-10,20,24-25H,11-12H2,1-2H3;1H. The number of halogens is 2. The molecule has 0 aromatic heterocycles. The number of hydrogen-bond acceptors (Lipinski definition) is 2. The van der Waals surface area contributed by atoms with Gasteiger partial charge in [0.2, 0.25) is 5.69 Å². The van der Waals surface area contributed by atoms with Gasteiger partial charge in [0, 0.05) is 24.5 Å². The van der Waals surface area contributed by atoms with Crippen molar-refractivity contribution in [2.24, 2.45) is 5.41 Å². The van der Waals surface area contributed by atoms with Gasteiger partial charge in [0.25, 0.3) is 0 Å². The molecule has 0 saturated heterocycles. The lowest BCUT2D eigenvalue weighted by Gasteiger charge is -2.32. The van der Waals surface area contributed by atoms with Gasteiger partial charge < -0.3 is 22.8 Å². The van der Waals surface area contributed by atoms with E-state index in [1.54, 1.807) is 12.1 Å². The Morgan fingerprint density at radius 2 is 1.77 bits per heavy atom. The van der Waals surface area contributed by atoms with E-state index in [0.29, 0.717) is 17.7 Å². The molecule has 1 aliphatic carbocycles. The lowest BCUT2D eigenvalue weighted by molar-refractivity contribution is -0.354. The molecule has 1 aliphatic heterocycles. The maximum atomic E-state index is 14.5. The van der Waals surface area contributed by atoms with E-state index in [1.165, 1.54) is 6.07 Å². The van der Waals surface area contributed by atoms with Gasteiger partial charge in [0.1, 0.15) is 17.3 Å². The van der Waals surface area contributed by atoms with Crippen molar-refractivity contribution < 1.29 is 26.9 Å². The van der Waals surface area contributed by atoms with Crippen LogP contribution in [0.3, 0.4) is 0 Å². The minimum absolute atomic E-state index is 0. The molecule has 1 heterocycles. The highest BCUT2D eigenvalue weighted by Gasteiger charge is 2.41. The Hall–Kier alpha value is -2.33. The quantitative estimate of drug-likeness (QED) is 0.693. The average Bonchev–Trinajstić information content (AvgIpc) is 2.70. The van der Waals surface area contributed by atoms with Gasteiger partial charge in [-0.25, -0.2) is 9.38 Å². The molecule has 0 spiro atoms. The van der Waals surface area contributed by atoms with Crippen molar-refractivity contribution in [1.82, 2.24) is 0 Å². The molecule has 5 heteroatoms. The van der Waals surface area contributed by atoms with E-state index in [2.05, 4.69) is 24.2 Å². The second-order valence-electron chi connectivity index (χ2n) is 7.63. The number of rotatable bonds is 1. The topological polar surface area (TPSA) is 46.2 Å². The second-order valence-corrected chi connectivity index (χ2v) is 7.63. The molecule has 4 rings (SSSR count). The Labute approximate surface area is 159 Å². The van der Waals surface area contributed by atoms with Crippen molar-refractivity contribution in [1.29, 1.82) is 0 Å². The van der Waals surface area contributed by atoms with Gasteiger partial charge in [-0.1, -0.05) is 44.2 Å². The first-order valence-corrected chi connectivity index (χ1v) is 8.60. The molecule has 3 N–H and O–H groups in total. The van der Waals surface area contributed by atoms with Gasteiger partial charge in [-0.15, -0.1) is 0 Å². The van der Waals surface area contributed by atoms with Crippen molar-refractivity contribution in [3.63, 3.8) is 0 Å². The normalized spacial score (nSPS) is 20.7. The minimum atomic E-state index is -0.427. The number of aliphatic hydroxyl groups excluding tert-OH is 1. The lowest BCUT2D eigenvalue weighted by atomic mass is 9.74. The molecule has 1 unspecified atom stereocenters. The molecular formula is C21H22ClFN2O. The van der Waals surface area contributed by atoms with E-state index in [0.717, 1.165) is 29.1 Å². The zero-order valence-corrected chi connectivity index (χ0v) is 15.6. The third kappa shape index (κ3) is 3.21. The summed E-state index contributed by atoms with van der Waals surface area (Å²) >= 11 is 0. The van der Waals surface area contributed by atoms with E-state index in [9.17, 15) is 9.50 Å². The first-order chi connectivity index (χ1) is 11.9. The van der Waals surface area contributed by atoms with Crippen molar-refractivity contribution in [3.05, 3.63) is 71.2 Å². The summed E-state index contributed by atoms with van der Waals surface area (Å²) < 4.78 is 14.5. The highest BCUT2D eigenvalue weighted by Crippen LogP contribution is 2.42. The summed E-state index contributed by atoms with van der Waals surface area (Å²) in [5.41, 5.74) is 4.06. The molecule has 1 atom stereocenters. The number of benzene rings is 2. The Balaban J connectivity index is 0.00000196. The monoisotopic (exact) mass is 372 g/mol. The van der Waals surface area contributed by atoms with Crippen LogP contribution in [-0.4, -0.2) is 10.8 Å². The van der Waals surface area contributed by atoms with Crippen molar-refractivity contribution in [2.45, 2.75) is 32.7 Å². The van der Waals surface area contributed by atoms with Crippen LogP contribution in [0.15, 0.2) is 59.9 Å². The third-order valence-electron chi connectivity index (χ3n) is 4.95. The average molecular weight is 373 g/mol. The molecule has 0 saturated carbocycles. The fraction of sp³-hybridized carbons (Fsp3) is 0.286. The Morgan fingerprint density at radius 1 is 1.08 bits per heavy atom. The van der Waals surface area contributed by atoms with Crippen LogP contribution in [0, 0.1) is 11.2 Å². The van der Waals surface area contributed by atoms with Gasteiger partial charge in [-0.05, 0) is 17.5 Å². The van der Waals surface area contributed by atoms with E-state index in [4.69, 9.17) is 0 Å². The number of para-hydroxylation sites is 2. The van der Waals surface area contributed by atoms with Gasteiger partial charge in [0.05, 0.1) is 11.6 Å². The molecule has 3 nitrogen and oxygen atoms in total. The number of anilines is 1. The molecule has 136 valence electrons. The highest BCUT2D eigenvalue weighted by atomic mass is 35.5. The van der Waals surface area contributed by atoms with Crippen LogP contribution in [0.25, 0.3) is 0 Å². The molecule has 2 aromatic rings. The van der Waals surface area contributed by atoms with E-state index < -0.39 is 6.04 Å². The summed E-state index contributed by atoms with van der Waals surface area (Å²) in [5.74, 6) is 0.0520. The van der Waals surface area contributed by atoms with E-state index in [-0.39, 0.29) is 23.6 Å². The van der Waals surface area contributed by atoms with Crippen molar-refractivity contribution in [2.75, 3.05) is 5.32 Å². The zero-order valence-electron chi connectivity index (χ0n) is 14.8. The zero-order chi connectivity index (χ0) is 17.6. The Morgan fingerprint density at radius 3 is 2.54 bits per heavy atom. The first-order valence-electron chi connectivity index (χ1n) is 8.60. The van der Waals surface area contributed by atoms with E-state index >= 15 is 0 Å². The summed E-state index contributed by atoms with van der Waals surface area (Å²) in [7, 11) is 0. The predicted octanol–water partition coefficient (Wildman–Crippen LogP) is 0.782. The molecule has 2 aliphatic rings. The maximum absolute atomic E-state index is 14.5. The predicted molar refractivity (Wildman–Crippen MR) is 97.5 cm³/mol. The van der Waals surface area contributed by atoms with Gasteiger partial charge in [-0.2, -0.15) is 0 Å². The lowest BCUT2D eigenvalue weighted by Crippen LogP contribution is -3.00. The summed E-state index contributed by atoms with van der Waals surface area (Å²) in [6, 6.07) is 14.2. The summed E-state index contributed by atoms with van der Waals surface area (Å²) in [5, 5.41) is 14.3. The van der Waals surface area contributed by atoms with Crippen LogP contribution >= 0.6 is 0 Å². The summed E-state index contributed by atoms with van der Waals surface area (Å²) in [4.78, 5) is 3.48. The van der Waals surface area contributed by atoms with Crippen LogP contribution in [0.5, 0.6) is 0 Å². The number of nitrogens with one attached hydrogen (secondary N) is 2. The van der Waals surface area contributed by atoms with Gasteiger partial charge >= 0.3 is 0 Å². The third-order valence-corrected chi connectivity index (χ3v) is 4.95. The number of fused-ring (bicyclic) bond motifs is 2. The first kappa shape index (κ1) is 18.5. The molecular weight excluding hydrogens is 351 g/mol. The Kier molecular flexibility index (Phi) is 4.80. The Bertz CT molecular complexity index is 904. The van der Waals surface area contributed by atoms with Crippen LogP contribution in [-0.2, 0) is 0 Å². The summed E-state index contributed by atoms with van der Waals surface area (Å²) in [6.45, 7) is 4.27. The fourth-order valence-corrected chi connectivity index (χ4v) is 3.86.